The highest BCUT2D eigenvalue weighted by atomic mass is 35.5. The van der Waals surface area contributed by atoms with Crippen LogP contribution >= 0.6 is 34.5 Å². The summed E-state index contributed by atoms with van der Waals surface area (Å²) in [6.45, 7) is 0. The number of halogens is 5. The van der Waals surface area contributed by atoms with Gasteiger partial charge in [0.2, 0.25) is 5.01 Å². The predicted molar refractivity (Wildman–Crippen MR) is 65.9 cm³/mol. The van der Waals surface area contributed by atoms with Gasteiger partial charge in [-0.15, -0.1) is 5.10 Å². The molecule has 0 aliphatic heterocycles. The zero-order valence-corrected chi connectivity index (χ0v) is 11.2. The number of aromatic nitrogens is 2. The molecule has 0 radical (unpaired) electrons. The molecular formula is C9H4Cl2F3N3OS. The van der Waals surface area contributed by atoms with E-state index in [4.69, 9.17) is 33.7 Å². The van der Waals surface area contributed by atoms with Gasteiger partial charge in [-0.05, 0) is 6.07 Å². The number of anilines is 1. The van der Waals surface area contributed by atoms with Crippen molar-refractivity contribution in [3.63, 3.8) is 0 Å². The molecule has 19 heavy (non-hydrogen) atoms. The van der Waals surface area contributed by atoms with Crippen LogP contribution in [-0.4, -0.2) is 10.2 Å². The van der Waals surface area contributed by atoms with E-state index in [-0.39, 0.29) is 38.0 Å². The van der Waals surface area contributed by atoms with Gasteiger partial charge in [0.1, 0.15) is 0 Å². The molecule has 0 saturated carbocycles. The molecule has 0 fully saturated rings. The van der Waals surface area contributed by atoms with Crippen LogP contribution in [0.15, 0.2) is 12.1 Å². The molecule has 2 N–H and O–H groups in total. The average molecular weight is 330 g/mol. The molecule has 0 bridgehead atoms. The van der Waals surface area contributed by atoms with Crippen molar-refractivity contribution in [1.82, 2.24) is 10.2 Å². The fourth-order valence-corrected chi connectivity index (χ4v) is 1.99. The lowest BCUT2D eigenvalue weighted by molar-refractivity contribution is -0.138. The Bertz CT molecular complexity index is 617. The molecular weight excluding hydrogens is 326 g/mol. The van der Waals surface area contributed by atoms with E-state index >= 15 is 0 Å². The maximum Gasteiger partial charge on any atom is 0.445 e. The average Bonchev–Trinajstić information content (AvgIpc) is 2.74. The second-order valence-corrected chi connectivity index (χ2v) is 5.03. The van der Waals surface area contributed by atoms with Crippen molar-refractivity contribution < 1.29 is 17.9 Å². The lowest BCUT2D eigenvalue weighted by Crippen LogP contribution is -2.03. The lowest BCUT2D eigenvalue weighted by Gasteiger charge is -2.06. The molecule has 102 valence electrons. The minimum atomic E-state index is -4.57. The first-order valence-electron chi connectivity index (χ1n) is 4.60. The lowest BCUT2D eigenvalue weighted by atomic mass is 10.3. The van der Waals surface area contributed by atoms with Crippen molar-refractivity contribution in [2.45, 2.75) is 6.18 Å². The standard InChI is InChI=1S/C9H4Cl2F3N3OS/c10-3-1-5(15)6(2-4(3)11)18-8-17-16-7(19-8)9(12,13)14/h1-2H,15H2. The summed E-state index contributed by atoms with van der Waals surface area (Å²) in [5.41, 5.74) is 5.72. The third kappa shape index (κ3) is 3.20. The van der Waals surface area contributed by atoms with E-state index in [9.17, 15) is 13.2 Å². The first kappa shape index (κ1) is 14.2. The zero-order chi connectivity index (χ0) is 14.2. The van der Waals surface area contributed by atoms with Crippen LogP contribution in [-0.2, 0) is 6.18 Å². The molecule has 2 rings (SSSR count). The number of alkyl halides is 3. The maximum absolute atomic E-state index is 12.3. The third-order valence-corrected chi connectivity index (χ3v) is 3.47. The minimum absolute atomic E-state index is 0.0549. The number of hydrogen-bond acceptors (Lipinski definition) is 5. The van der Waals surface area contributed by atoms with Gasteiger partial charge in [-0.25, -0.2) is 0 Å². The van der Waals surface area contributed by atoms with E-state index in [2.05, 4.69) is 10.2 Å². The summed E-state index contributed by atoms with van der Waals surface area (Å²) in [6.07, 6.45) is -4.57. The van der Waals surface area contributed by atoms with Crippen LogP contribution in [0.3, 0.4) is 0 Å². The van der Waals surface area contributed by atoms with Gasteiger partial charge in [-0.1, -0.05) is 39.6 Å². The van der Waals surface area contributed by atoms with E-state index in [1.807, 2.05) is 0 Å². The number of nitrogens with zero attached hydrogens (tertiary/aromatic N) is 2. The SMILES string of the molecule is Nc1cc(Cl)c(Cl)cc1Oc1nnc(C(F)(F)F)s1. The van der Waals surface area contributed by atoms with E-state index < -0.39 is 11.2 Å². The highest BCUT2D eigenvalue weighted by Gasteiger charge is 2.36. The van der Waals surface area contributed by atoms with Gasteiger partial charge < -0.3 is 10.5 Å². The summed E-state index contributed by atoms with van der Waals surface area (Å²) in [5.74, 6) is 0.0549. The molecule has 0 spiro atoms. The Labute approximate surface area is 118 Å². The highest BCUT2D eigenvalue weighted by Crippen LogP contribution is 2.38. The van der Waals surface area contributed by atoms with Crippen molar-refractivity contribution in [2.75, 3.05) is 5.73 Å². The molecule has 0 saturated heterocycles. The van der Waals surface area contributed by atoms with E-state index in [0.717, 1.165) is 0 Å². The first-order valence-corrected chi connectivity index (χ1v) is 6.17. The summed E-state index contributed by atoms with van der Waals surface area (Å²) >= 11 is 11.7. The number of rotatable bonds is 2. The van der Waals surface area contributed by atoms with Crippen LogP contribution in [0.5, 0.6) is 10.9 Å². The summed E-state index contributed by atoms with van der Waals surface area (Å²) in [4.78, 5) is 0. The number of benzene rings is 1. The van der Waals surface area contributed by atoms with Crippen LogP contribution in [0.25, 0.3) is 0 Å². The van der Waals surface area contributed by atoms with E-state index in [1.54, 1.807) is 0 Å². The van der Waals surface area contributed by atoms with Crippen LogP contribution in [0.1, 0.15) is 5.01 Å². The maximum atomic E-state index is 12.3. The van der Waals surface area contributed by atoms with Gasteiger partial charge in [0.15, 0.2) is 5.75 Å². The highest BCUT2D eigenvalue weighted by molar-refractivity contribution is 7.13. The van der Waals surface area contributed by atoms with Crippen LogP contribution < -0.4 is 10.5 Å². The van der Waals surface area contributed by atoms with Crippen molar-refractivity contribution in [2.24, 2.45) is 0 Å². The first-order chi connectivity index (χ1) is 8.77. The Morgan fingerprint density at radius 2 is 1.79 bits per heavy atom. The molecule has 1 heterocycles. The Hall–Kier alpha value is -1.25. The van der Waals surface area contributed by atoms with Gasteiger partial charge in [0, 0.05) is 6.07 Å². The smallest absolute Gasteiger partial charge is 0.428 e. The predicted octanol–water partition coefficient (Wildman–Crippen LogP) is 4.24. The Kier molecular flexibility index (Phi) is 3.75. The topological polar surface area (TPSA) is 61.0 Å². The van der Waals surface area contributed by atoms with Crippen LogP contribution in [0.4, 0.5) is 18.9 Å². The summed E-state index contributed by atoms with van der Waals surface area (Å²) < 4.78 is 42.1. The number of hydrogen-bond donors (Lipinski definition) is 1. The number of ether oxygens (including phenoxy) is 1. The number of nitrogen functional groups attached to an aromatic ring is 1. The minimum Gasteiger partial charge on any atom is -0.428 e. The molecule has 0 aliphatic carbocycles. The van der Waals surface area contributed by atoms with Gasteiger partial charge >= 0.3 is 6.18 Å². The second-order valence-electron chi connectivity index (χ2n) is 3.28. The zero-order valence-electron chi connectivity index (χ0n) is 8.83. The van der Waals surface area contributed by atoms with Crippen LogP contribution in [0, 0.1) is 0 Å². The molecule has 1 aromatic heterocycles. The molecule has 10 heteroatoms. The Morgan fingerprint density at radius 1 is 1.16 bits per heavy atom. The monoisotopic (exact) mass is 329 g/mol. The van der Waals surface area contributed by atoms with Gasteiger partial charge in [0.25, 0.3) is 5.19 Å². The molecule has 4 nitrogen and oxygen atoms in total. The summed E-state index contributed by atoms with van der Waals surface area (Å²) in [5, 5.41) is 5.20. The fourth-order valence-electron chi connectivity index (χ4n) is 1.09. The molecule has 0 unspecified atom stereocenters. The normalized spacial score (nSPS) is 11.6. The van der Waals surface area contributed by atoms with E-state index in [1.165, 1.54) is 12.1 Å². The molecule has 0 atom stereocenters. The Morgan fingerprint density at radius 3 is 2.37 bits per heavy atom. The molecule has 2 aromatic rings. The summed E-state index contributed by atoms with van der Waals surface area (Å²) in [6, 6.07) is 2.61. The van der Waals surface area contributed by atoms with Gasteiger partial charge in [0.05, 0.1) is 15.7 Å². The quantitative estimate of drug-likeness (QED) is 0.837. The van der Waals surface area contributed by atoms with Crippen molar-refractivity contribution in [1.29, 1.82) is 0 Å². The van der Waals surface area contributed by atoms with E-state index in [0.29, 0.717) is 0 Å². The van der Waals surface area contributed by atoms with Crippen molar-refractivity contribution >= 4 is 40.2 Å². The summed E-state index contributed by atoms with van der Waals surface area (Å²) in [7, 11) is 0. The third-order valence-electron chi connectivity index (χ3n) is 1.90. The van der Waals surface area contributed by atoms with Gasteiger partial charge in [-0.3, -0.25) is 0 Å². The molecule has 0 amide bonds. The van der Waals surface area contributed by atoms with Crippen molar-refractivity contribution in [3.8, 4) is 10.9 Å². The molecule has 0 aliphatic rings. The van der Waals surface area contributed by atoms with Crippen LogP contribution in [0.2, 0.25) is 10.0 Å². The second kappa shape index (κ2) is 5.03. The number of nitrogens with two attached hydrogens (primary N) is 1. The van der Waals surface area contributed by atoms with Crippen molar-refractivity contribution in [3.05, 3.63) is 27.2 Å². The molecule has 1 aromatic carbocycles. The Balaban J connectivity index is 2.27. The fraction of sp³-hybridized carbons (Fsp3) is 0.111. The van der Waals surface area contributed by atoms with Gasteiger partial charge in [-0.2, -0.15) is 13.2 Å². The largest absolute Gasteiger partial charge is 0.445 e.